The molecule has 0 saturated heterocycles. The fourth-order valence-corrected chi connectivity index (χ4v) is 3.70. The van der Waals surface area contributed by atoms with Gasteiger partial charge in [0.1, 0.15) is 0 Å². The lowest BCUT2D eigenvalue weighted by atomic mass is 10.2. The second-order valence-electron chi connectivity index (χ2n) is 5.65. The van der Waals surface area contributed by atoms with Crippen molar-refractivity contribution in [2.24, 2.45) is 0 Å². The fourth-order valence-electron chi connectivity index (χ4n) is 2.92. The van der Waals surface area contributed by atoms with Crippen molar-refractivity contribution < 1.29 is 9.90 Å². The maximum atomic E-state index is 10.8. The number of carbonyl (C=O) groups is 1. The summed E-state index contributed by atoms with van der Waals surface area (Å²) < 4.78 is 2.06. The minimum atomic E-state index is -0.831. The van der Waals surface area contributed by atoms with Crippen LogP contribution in [0.25, 0.3) is 0 Å². The van der Waals surface area contributed by atoms with E-state index in [-0.39, 0.29) is 11.8 Å². The van der Waals surface area contributed by atoms with Gasteiger partial charge in [0.15, 0.2) is 5.16 Å². The minimum absolute atomic E-state index is 0.0143. The molecule has 0 aliphatic heterocycles. The van der Waals surface area contributed by atoms with E-state index in [2.05, 4.69) is 40.4 Å². The van der Waals surface area contributed by atoms with Gasteiger partial charge in [0.25, 0.3) is 0 Å². The molecule has 0 unspecified atom stereocenters. The van der Waals surface area contributed by atoms with Gasteiger partial charge < -0.3 is 10.0 Å². The van der Waals surface area contributed by atoms with Crippen LogP contribution in [0.3, 0.4) is 0 Å². The predicted octanol–water partition coefficient (Wildman–Crippen LogP) is 2.80. The van der Waals surface area contributed by atoms with E-state index in [4.69, 9.17) is 5.11 Å². The molecule has 1 saturated carbocycles. The van der Waals surface area contributed by atoms with E-state index in [0.29, 0.717) is 11.2 Å². The Bertz CT molecular complexity index is 483. The van der Waals surface area contributed by atoms with Gasteiger partial charge in [-0.3, -0.25) is 9.36 Å². The van der Waals surface area contributed by atoms with E-state index in [1.807, 2.05) is 0 Å². The average molecular weight is 312 g/mol. The van der Waals surface area contributed by atoms with Crippen molar-refractivity contribution >= 4 is 23.7 Å². The van der Waals surface area contributed by atoms with Crippen LogP contribution in [0.1, 0.15) is 52.5 Å². The van der Waals surface area contributed by atoms with Crippen LogP contribution in [0.5, 0.6) is 0 Å². The van der Waals surface area contributed by atoms with Crippen molar-refractivity contribution in [1.29, 1.82) is 0 Å². The number of aliphatic carboxylic acids is 1. The second kappa shape index (κ2) is 7.15. The van der Waals surface area contributed by atoms with Crippen LogP contribution in [-0.2, 0) is 4.79 Å². The zero-order chi connectivity index (χ0) is 15.4. The number of carboxylic acids is 1. The molecule has 0 bridgehead atoms. The number of hydrogen-bond acceptors (Lipinski definition) is 5. The molecule has 1 aromatic rings. The summed E-state index contributed by atoms with van der Waals surface area (Å²) in [6.45, 7) is 7.21. The molecule has 7 heteroatoms. The summed E-state index contributed by atoms with van der Waals surface area (Å²) in [5.74, 6) is 0.0655. The number of nitrogens with zero attached hydrogens (tertiary/aromatic N) is 4. The Labute approximate surface area is 129 Å². The molecular weight excluding hydrogens is 288 g/mol. The Morgan fingerprint density at radius 1 is 1.43 bits per heavy atom. The molecular formula is C14H24N4O2S. The smallest absolute Gasteiger partial charge is 0.313 e. The molecule has 0 spiro atoms. The predicted molar refractivity (Wildman–Crippen MR) is 84.0 cm³/mol. The molecule has 1 fully saturated rings. The molecule has 0 atom stereocenters. The molecule has 118 valence electrons. The summed E-state index contributed by atoms with van der Waals surface area (Å²) in [6, 6.07) is 0.746. The molecule has 0 amide bonds. The van der Waals surface area contributed by atoms with Gasteiger partial charge in [0.05, 0.1) is 5.75 Å². The number of hydrogen-bond donors (Lipinski definition) is 1. The van der Waals surface area contributed by atoms with Crippen molar-refractivity contribution in [2.75, 3.05) is 17.2 Å². The molecule has 1 heterocycles. The summed E-state index contributed by atoms with van der Waals surface area (Å²) in [5.41, 5.74) is 0. The van der Waals surface area contributed by atoms with Gasteiger partial charge in [-0.15, -0.1) is 10.2 Å². The zero-order valence-electron chi connectivity index (χ0n) is 12.9. The molecule has 6 nitrogen and oxygen atoms in total. The van der Waals surface area contributed by atoms with Crippen molar-refractivity contribution in [1.82, 2.24) is 14.8 Å². The average Bonchev–Trinajstić information content (AvgIpc) is 3.07. The second-order valence-corrected chi connectivity index (χ2v) is 6.60. The Morgan fingerprint density at radius 3 is 2.62 bits per heavy atom. The summed E-state index contributed by atoms with van der Waals surface area (Å²) in [7, 11) is 0. The van der Waals surface area contributed by atoms with Crippen LogP contribution in [-0.4, -0.2) is 44.2 Å². The van der Waals surface area contributed by atoms with Crippen LogP contribution in [0.4, 0.5) is 5.95 Å². The van der Waals surface area contributed by atoms with Gasteiger partial charge in [-0.25, -0.2) is 0 Å². The Hall–Kier alpha value is -1.24. The van der Waals surface area contributed by atoms with Crippen LogP contribution in [0, 0.1) is 0 Å². The highest BCUT2D eigenvalue weighted by molar-refractivity contribution is 7.99. The maximum absolute atomic E-state index is 10.8. The van der Waals surface area contributed by atoms with Crippen LogP contribution in [0.2, 0.25) is 0 Å². The van der Waals surface area contributed by atoms with Gasteiger partial charge in [0.2, 0.25) is 5.95 Å². The topological polar surface area (TPSA) is 71.2 Å². The van der Waals surface area contributed by atoms with E-state index in [9.17, 15) is 4.79 Å². The molecule has 0 radical (unpaired) electrons. The largest absolute Gasteiger partial charge is 0.481 e. The van der Waals surface area contributed by atoms with E-state index in [1.54, 1.807) is 0 Å². The number of aromatic nitrogens is 3. The molecule has 1 N–H and O–H groups in total. The van der Waals surface area contributed by atoms with E-state index < -0.39 is 5.97 Å². The molecule has 21 heavy (non-hydrogen) atoms. The molecule has 1 aromatic heterocycles. The molecule has 1 aliphatic rings. The van der Waals surface area contributed by atoms with Gasteiger partial charge in [-0.05, 0) is 33.6 Å². The third kappa shape index (κ3) is 3.70. The van der Waals surface area contributed by atoms with Crippen molar-refractivity contribution in [3.8, 4) is 0 Å². The number of thioether (sulfide) groups is 1. The minimum Gasteiger partial charge on any atom is -0.481 e. The van der Waals surface area contributed by atoms with Gasteiger partial charge in [-0.1, -0.05) is 24.6 Å². The lowest BCUT2D eigenvalue weighted by Gasteiger charge is -2.29. The molecule has 2 rings (SSSR count). The van der Waals surface area contributed by atoms with Crippen molar-refractivity contribution in [3.63, 3.8) is 0 Å². The number of anilines is 1. The normalized spacial score (nSPS) is 15.8. The van der Waals surface area contributed by atoms with Gasteiger partial charge in [0, 0.05) is 18.6 Å². The highest BCUT2D eigenvalue weighted by Crippen LogP contribution is 2.31. The summed E-state index contributed by atoms with van der Waals surface area (Å²) >= 11 is 1.24. The molecule has 1 aliphatic carbocycles. The van der Waals surface area contributed by atoms with Gasteiger partial charge in [-0.2, -0.15) is 0 Å². The first-order valence-electron chi connectivity index (χ1n) is 7.60. The van der Waals surface area contributed by atoms with Crippen LogP contribution >= 0.6 is 11.8 Å². The SMILES string of the molecule is CCN(c1nnc(SCC(=O)O)n1C(C)C)C1CCCC1. The van der Waals surface area contributed by atoms with Gasteiger partial charge >= 0.3 is 5.97 Å². The summed E-state index contributed by atoms with van der Waals surface area (Å²) in [5, 5.41) is 18.1. The Balaban J connectivity index is 2.26. The van der Waals surface area contributed by atoms with Crippen LogP contribution in [0.15, 0.2) is 5.16 Å². The zero-order valence-corrected chi connectivity index (χ0v) is 13.8. The van der Waals surface area contributed by atoms with Crippen molar-refractivity contribution in [2.45, 2.75) is 63.7 Å². The van der Waals surface area contributed by atoms with Crippen molar-refractivity contribution in [3.05, 3.63) is 0 Å². The van der Waals surface area contributed by atoms with Crippen LogP contribution < -0.4 is 4.90 Å². The first-order chi connectivity index (χ1) is 10.0. The first kappa shape index (κ1) is 16.1. The third-order valence-electron chi connectivity index (χ3n) is 3.85. The van der Waals surface area contributed by atoms with E-state index in [0.717, 1.165) is 12.5 Å². The number of carboxylic acid groups (broad SMARTS) is 1. The first-order valence-corrected chi connectivity index (χ1v) is 8.59. The lowest BCUT2D eigenvalue weighted by molar-refractivity contribution is -0.133. The summed E-state index contributed by atoms with van der Waals surface area (Å²) in [6.07, 6.45) is 4.96. The highest BCUT2D eigenvalue weighted by Gasteiger charge is 2.27. The van der Waals surface area contributed by atoms with E-state index >= 15 is 0 Å². The lowest BCUT2D eigenvalue weighted by Crippen LogP contribution is -2.35. The standard InChI is InChI=1S/C14H24N4O2S/c1-4-17(11-7-5-6-8-11)13-15-16-14(18(13)10(2)3)21-9-12(19)20/h10-11H,4-9H2,1-3H3,(H,19,20). The third-order valence-corrected chi connectivity index (χ3v) is 4.78. The highest BCUT2D eigenvalue weighted by atomic mass is 32.2. The maximum Gasteiger partial charge on any atom is 0.313 e. The fraction of sp³-hybridized carbons (Fsp3) is 0.786. The molecule has 0 aromatic carbocycles. The van der Waals surface area contributed by atoms with E-state index in [1.165, 1.54) is 37.4 Å². The summed E-state index contributed by atoms with van der Waals surface area (Å²) in [4.78, 5) is 13.1. The Morgan fingerprint density at radius 2 is 2.10 bits per heavy atom. The Kier molecular flexibility index (Phi) is 5.50. The quantitative estimate of drug-likeness (QED) is 0.781. The number of rotatable bonds is 7. The monoisotopic (exact) mass is 312 g/mol.